The van der Waals surface area contributed by atoms with Crippen molar-refractivity contribution < 1.29 is 9.32 Å². The molecule has 2 aromatic rings. The number of hydrogen-bond donors (Lipinski definition) is 0. The van der Waals surface area contributed by atoms with Gasteiger partial charge in [0.25, 0.3) is 0 Å². The summed E-state index contributed by atoms with van der Waals surface area (Å²) in [6.45, 7) is 3.51. The van der Waals surface area contributed by atoms with Crippen LogP contribution in [-0.2, 0) is 17.8 Å². The summed E-state index contributed by atoms with van der Waals surface area (Å²) in [5.74, 6) is 2.17. The standard InChI is InChI=1S/C19H25N5O2/c1-23-8-4-14(5-9-23)10-17-21-19(26-22-17)16-11-18(25)24(13-16)12-15-2-6-20-7-3-15/h2-3,6-7,14,16H,4-5,8-13H2,1H3/t16-/m1/s1. The first-order chi connectivity index (χ1) is 12.7. The van der Waals surface area contributed by atoms with Gasteiger partial charge in [-0.3, -0.25) is 9.78 Å². The number of rotatable bonds is 5. The summed E-state index contributed by atoms with van der Waals surface area (Å²) >= 11 is 0. The lowest BCUT2D eigenvalue weighted by atomic mass is 9.93. The molecule has 1 amide bonds. The molecule has 0 spiro atoms. The molecule has 0 aliphatic carbocycles. The zero-order chi connectivity index (χ0) is 17.9. The summed E-state index contributed by atoms with van der Waals surface area (Å²) in [7, 11) is 2.16. The van der Waals surface area contributed by atoms with Gasteiger partial charge >= 0.3 is 0 Å². The fraction of sp³-hybridized carbons (Fsp3) is 0.579. The van der Waals surface area contributed by atoms with Crippen LogP contribution in [0.3, 0.4) is 0 Å². The maximum atomic E-state index is 12.3. The number of hydrogen-bond acceptors (Lipinski definition) is 6. The van der Waals surface area contributed by atoms with E-state index in [1.54, 1.807) is 12.4 Å². The second-order valence-electron chi connectivity index (χ2n) is 7.53. The largest absolute Gasteiger partial charge is 0.339 e. The lowest BCUT2D eigenvalue weighted by Crippen LogP contribution is -2.31. The Labute approximate surface area is 153 Å². The van der Waals surface area contributed by atoms with Gasteiger partial charge < -0.3 is 14.3 Å². The van der Waals surface area contributed by atoms with E-state index in [-0.39, 0.29) is 11.8 Å². The molecule has 0 bridgehead atoms. The van der Waals surface area contributed by atoms with E-state index in [4.69, 9.17) is 4.52 Å². The van der Waals surface area contributed by atoms with E-state index in [1.165, 1.54) is 12.8 Å². The van der Waals surface area contributed by atoms with Crippen LogP contribution in [-0.4, -0.2) is 57.5 Å². The van der Waals surface area contributed by atoms with Crippen LogP contribution in [0.5, 0.6) is 0 Å². The first-order valence-electron chi connectivity index (χ1n) is 9.35. The van der Waals surface area contributed by atoms with Gasteiger partial charge in [-0.25, -0.2) is 0 Å². The molecule has 26 heavy (non-hydrogen) atoms. The third kappa shape index (κ3) is 3.93. The van der Waals surface area contributed by atoms with Crippen molar-refractivity contribution in [2.45, 2.75) is 38.1 Å². The number of carbonyl (C=O) groups excluding carboxylic acids is 1. The highest BCUT2D eigenvalue weighted by atomic mass is 16.5. The first-order valence-corrected chi connectivity index (χ1v) is 9.35. The molecule has 7 nitrogen and oxygen atoms in total. The summed E-state index contributed by atoms with van der Waals surface area (Å²) in [6.07, 6.45) is 7.19. The van der Waals surface area contributed by atoms with Gasteiger partial charge in [-0.1, -0.05) is 5.16 Å². The molecule has 2 fully saturated rings. The van der Waals surface area contributed by atoms with Gasteiger partial charge in [-0.2, -0.15) is 4.98 Å². The molecule has 138 valence electrons. The molecule has 0 saturated carbocycles. The quantitative estimate of drug-likeness (QED) is 0.815. The monoisotopic (exact) mass is 355 g/mol. The van der Waals surface area contributed by atoms with Gasteiger partial charge in [0.15, 0.2) is 5.82 Å². The normalized spacial score (nSPS) is 22.3. The van der Waals surface area contributed by atoms with E-state index < -0.39 is 0 Å². The Morgan fingerprint density at radius 1 is 1.23 bits per heavy atom. The molecule has 0 unspecified atom stereocenters. The number of amides is 1. The minimum atomic E-state index is 0.00285. The fourth-order valence-electron chi connectivity index (χ4n) is 3.84. The molecule has 0 aromatic carbocycles. The van der Waals surface area contributed by atoms with Crippen molar-refractivity contribution in [3.63, 3.8) is 0 Å². The van der Waals surface area contributed by atoms with Crippen LogP contribution in [0, 0.1) is 5.92 Å². The Bertz CT molecular complexity index is 739. The Morgan fingerprint density at radius 3 is 2.77 bits per heavy atom. The van der Waals surface area contributed by atoms with Crippen molar-refractivity contribution in [3.8, 4) is 0 Å². The number of pyridine rings is 1. The minimum absolute atomic E-state index is 0.00285. The number of carbonyl (C=O) groups is 1. The molecule has 0 radical (unpaired) electrons. The van der Waals surface area contributed by atoms with Crippen molar-refractivity contribution in [1.82, 2.24) is 24.9 Å². The highest BCUT2D eigenvalue weighted by Crippen LogP contribution is 2.29. The molecule has 2 aliphatic heterocycles. The van der Waals surface area contributed by atoms with Gasteiger partial charge in [-0.05, 0) is 56.6 Å². The van der Waals surface area contributed by atoms with Crippen molar-refractivity contribution in [3.05, 3.63) is 41.8 Å². The lowest BCUT2D eigenvalue weighted by molar-refractivity contribution is -0.128. The van der Waals surface area contributed by atoms with E-state index in [0.717, 1.165) is 30.9 Å². The summed E-state index contributed by atoms with van der Waals surface area (Å²) in [5, 5.41) is 4.17. The van der Waals surface area contributed by atoms with E-state index in [0.29, 0.717) is 31.3 Å². The smallest absolute Gasteiger partial charge is 0.232 e. The summed E-state index contributed by atoms with van der Waals surface area (Å²) in [4.78, 5) is 25.2. The van der Waals surface area contributed by atoms with Crippen LogP contribution in [0.25, 0.3) is 0 Å². The third-order valence-electron chi connectivity index (χ3n) is 5.48. The van der Waals surface area contributed by atoms with Crippen LogP contribution >= 0.6 is 0 Å². The molecule has 4 heterocycles. The van der Waals surface area contributed by atoms with E-state index >= 15 is 0 Å². The average molecular weight is 355 g/mol. The van der Waals surface area contributed by atoms with Crippen molar-refractivity contribution in [1.29, 1.82) is 0 Å². The van der Waals surface area contributed by atoms with Crippen LogP contribution in [0.2, 0.25) is 0 Å². The van der Waals surface area contributed by atoms with Gasteiger partial charge in [0, 0.05) is 38.3 Å². The van der Waals surface area contributed by atoms with Crippen molar-refractivity contribution in [2.24, 2.45) is 5.92 Å². The molecule has 2 saturated heterocycles. The minimum Gasteiger partial charge on any atom is -0.339 e. The molecule has 1 atom stereocenters. The fourth-order valence-corrected chi connectivity index (χ4v) is 3.84. The van der Waals surface area contributed by atoms with Crippen molar-refractivity contribution in [2.75, 3.05) is 26.7 Å². The van der Waals surface area contributed by atoms with E-state index in [9.17, 15) is 4.79 Å². The van der Waals surface area contributed by atoms with Crippen LogP contribution in [0.4, 0.5) is 0 Å². The summed E-state index contributed by atoms with van der Waals surface area (Å²) in [5.41, 5.74) is 1.09. The molecular weight excluding hydrogens is 330 g/mol. The number of aromatic nitrogens is 3. The van der Waals surface area contributed by atoms with Gasteiger partial charge in [0.1, 0.15) is 0 Å². The summed E-state index contributed by atoms with van der Waals surface area (Å²) < 4.78 is 5.50. The average Bonchev–Trinajstić information content (AvgIpc) is 3.25. The lowest BCUT2D eigenvalue weighted by Gasteiger charge is -2.28. The highest BCUT2D eigenvalue weighted by Gasteiger charge is 2.34. The number of likely N-dealkylation sites (tertiary alicyclic amines) is 2. The van der Waals surface area contributed by atoms with Gasteiger partial charge in [-0.15, -0.1) is 0 Å². The zero-order valence-corrected chi connectivity index (χ0v) is 15.2. The van der Waals surface area contributed by atoms with Crippen LogP contribution < -0.4 is 0 Å². The maximum Gasteiger partial charge on any atom is 0.232 e. The molecule has 4 rings (SSSR count). The van der Waals surface area contributed by atoms with Gasteiger partial charge in [0.2, 0.25) is 11.8 Å². The predicted octanol–water partition coefficient (Wildman–Crippen LogP) is 1.86. The molecule has 7 heteroatoms. The molecular formula is C19H25N5O2. The van der Waals surface area contributed by atoms with Gasteiger partial charge in [0.05, 0.1) is 5.92 Å². The zero-order valence-electron chi connectivity index (χ0n) is 15.2. The van der Waals surface area contributed by atoms with E-state index in [1.807, 2.05) is 17.0 Å². The first kappa shape index (κ1) is 17.1. The maximum absolute atomic E-state index is 12.3. The topological polar surface area (TPSA) is 75.4 Å². The SMILES string of the molecule is CN1CCC(Cc2noc([C@@H]3CC(=O)N(Cc4ccncc4)C3)n2)CC1. The summed E-state index contributed by atoms with van der Waals surface area (Å²) in [6, 6.07) is 3.88. The van der Waals surface area contributed by atoms with Crippen LogP contribution in [0.1, 0.15) is 42.5 Å². The molecule has 2 aromatic heterocycles. The molecule has 2 aliphatic rings. The highest BCUT2D eigenvalue weighted by molar-refractivity contribution is 5.79. The Morgan fingerprint density at radius 2 is 2.00 bits per heavy atom. The second kappa shape index (κ2) is 7.53. The number of nitrogens with zero attached hydrogens (tertiary/aromatic N) is 5. The Hall–Kier alpha value is -2.28. The van der Waals surface area contributed by atoms with Crippen molar-refractivity contribution >= 4 is 5.91 Å². The Kier molecular flexibility index (Phi) is 4.97. The Balaban J connectivity index is 1.35. The molecule has 0 N–H and O–H groups in total. The third-order valence-corrected chi connectivity index (χ3v) is 5.48. The van der Waals surface area contributed by atoms with Crippen LogP contribution in [0.15, 0.2) is 29.0 Å². The number of piperidine rings is 1. The van der Waals surface area contributed by atoms with E-state index in [2.05, 4.69) is 27.1 Å². The second-order valence-corrected chi connectivity index (χ2v) is 7.53. The predicted molar refractivity (Wildman–Crippen MR) is 95.2 cm³/mol.